The lowest BCUT2D eigenvalue weighted by Gasteiger charge is -2.20. The van der Waals surface area contributed by atoms with Crippen LogP contribution in [0.2, 0.25) is 0 Å². The van der Waals surface area contributed by atoms with E-state index < -0.39 is 8.38 Å². The maximum absolute atomic E-state index is 11.6. The van der Waals surface area contributed by atoms with Crippen LogP contribution in [0.25, 0.3) is 0 Å². The minimum atomic E-state index is -1.05. The smallest absolute Gasteiger partial charge is 0.309 e. The maximum Gasteiger partial charge on any atom is 0.309 e. The Balaban J connectivity index is 2.22. The molecule has 88 valence electrons. The molecule has 0 aromatic heterocycles. The average Bonchev–Trinajstić information content (AvgIpc) is 2.31. The lowest BCUT2D eigenvalue weighted by molar-refractivity contribution is -0.147. The van der Waals surface area contributed by atoms with Crippen molar-refractivity contribution in [3.8, 4) is 0 Å². The minimum Gasteiger partial charge on any atom is -0.456 e. The first-order chi connectivity index (χ1) is 7.27. The quantitative estimate of drug-likeness (QED) is 0.542. The van der Waals surface area contributed by atoms with Gasteiger partial charge in [-0.2, -0.15) is 0 Å². The highest BCUT2D eigenvalue weighted by Gasteiger charge is 2.23. The molecule has 5 heteroatoms. The third-order valence-corrected chi connectivity index (χ3v) is 3.81. The first kappa shape index (κ1) is 12.9. The number of carbonyl (C=O) groups is 1. The maximum atomic E-state index is 11.6. The summed E-state index contributed by atoms with van der Waals surface area (Å²) in [4.78, 5) is 11.6. The Bertz CT molecular complexity index is 188. The fraction of sp³-hybridized carbons (Fsp3) is 0.900. The van der Waals surface area contributed by atoms with Crippen molar-refractivity contribution < 1.29 is 18.6 Å². The molecule has 1 saturated carbocycles. The van der Waals surface area contributed by atoms with Crippen LogP contribution in [0.5, 0.6) is 0 Å². The van der Waals surface area contributed by atoms with Crippen molar-refractivity contribution in [2.45, 2.75) is 32.1 Å². The molecule has 15 heavy (non-hydrogen) atoms. The predicted octanol–water partition coefficient (Wildman–Crippen LogP) is 2.67. The number of hydrogen-bond donors (Lipinski definition) is 0. The van der Waals surface area contributed by atoms with Gasteiger partial charge >= 0.3 is 5.97 Å². The molecule has 1 aliphatic carbocycles. The topological polar surface area (TPSA) is 44.8 Å². The number of hydrogen-bond acceptors (Lipinski definition) is 4. The summed E-state index contributed by atoms with van der Waals surface area (Å²) >= 11 is 0. The van der Waals surface area contributed by atoms with E-state index in [1.54, 1.807) is 14.2 Å². The van der Waals surface area contributed by atoms with Crippen LogP contribution in [-0.4, -0.2) is 26.5 Å². The van der Waals surface area contributed by atoms with E-state index in [-0.39, 0.29) is 18.2 Å². The summed E-state index contributed by atoms with van der Waals surface area (Å²) in [6, 6.07) is 0. The van der Waals surface area contributed by atoms with E-state index in [4.69, 9.17) is 13.8 Å². The van der Waals surface area contributed by atoms with Crippen LogP contribution >= 0.6 is 8.38 Å². The SMILES string of the molecule is COP(COC(=O)C1CCCCC1)OC. The molecule has 0 unspecified atom stereocenters. The standard InChI is InChI=1S/C10H19O4P/c1-12-15(13-2)8-14-10(11)9-6-4-3-5-7-9/h9H,3-8H2,1-2H3. The van der Waals surface area contributed by atoms with Crippen LogP contribution in [-0.2, 0) is 18.6 Å². The zero-order valence-corrected chi connectivity index (χ0v) is 10.3. The lowest BCUT2D eigenvalue weighted by atomic mass is 9.89. The molecule has 0 heterocycles. The van der Waals surface area contributed by atoms with Gasteiger partial charge in [0.1, 0.15) is 0 Å². The second-order valence-electron chi connectivity index (χ2n) is 3.63. The lowest BCUT2D eigenvalue weighted by Crippen LogP contribution is -2.20. The monoisotopic (exact) mass is 234 g/mol. The summed E-state index contributed by atoms with van der Waals surface area (Å²) in [5.74, 6) is 0.0145. The van der Waals surface area contributed by atoms with Crippen LogP contribution in [0.3, 0.4) is 0 Å². The van der Waals surface area contributed by atoms with Crippen LogP contribution in [0, 0.1) is 5.92 Å². The molecular formula is C10H19O4P. The largest absolute Gasteiger partial charge is 0.456 e. The summed E-state index contributed by atoms with van der Waals surface area (Å²) in [7, 11) is 2.07. The highest BCUT2D eigenvalue weighted by atomic mass is 31.2. The van der Waals surface area contributed by atoms with Gasteiger partial charge in [0.05, 0.1) is 5.92 Å². The van der Waals surface area contributed by atoms with Gasteiger partial charge in [-0.1, -0.05) is 19.3 Å². The second-order valence-corrected chi connectivity index (χ2v) is 5.28. The van der Waals surface area contributed by atoms with E-state index >= 15 is 0 Å². The molecular weight excluding hydrogens is 215 g/mol. The molecule has 1 rings (SSSR count). The predicted molar refractivity (Wildman–Crippen MR) is 58.5 cm³/mol. The van der Waals surface area contributed by atoms with Gasteiger partial charge in [0.15, 0.2) is 6.35 Å². The van der Waals surface area contributed by atoms with E-state index in [0.29, 0.717) is 0 Å². The molecule has 0 saturated heterocycles. The van der Waals surface area contributed by atoms with Gasteiger partial charge in [-0.05, 0) is 12.8 Å². The van der Waals surface area contributed by atoms with Gasteiger partial charge in [-0.3, -0.25) is 4.79 Å². The van der Waals surface area contributed by atoms with Gasteiger partial charge < -0.3 is 13.8 Å². The second kappa shape index (κ2) is 7.15. The zero-order valence-electron chi connectivity index (χ0n) is 9.40. The van der Waals surface area contributed by atoms with E-state index in [9.17, 15) is 4.79 Å². The summed E-state index contributed by atoms with van der Waals surface area (Å²) in [5.41, 5.74) is 0. The van der Waals surface area contributed by atoms with Gasteiger partial charge in [-0.15, -0.1) is 0 Å². The molecule has 0 radical (unpaired) electrons. The molecule has 1 aliphatic rings. The van der Waals surface area contributed by atoms with Gasteiger partial charge in [0.25, 0.3) is 0 Å². The molecule has 0 aliphatic heterocycles. The van der Waals surface area contributed by atoms with Crippen molar-refractivity contribution in [2.75, 3.05) is 20.6 Å². The average molecular weight is 234 g/mol. The highest BCUT2D eigenvalue weighted by molar-refractivity contribution is 7.46. The third-order valence-electron chi connectivity index (χ3n) is 2.66. The summed E-state index contributed by atoms with van der Waals surface area (Å²) in [5, 5.41) is 0. The van der Waals surface area contributed by atoms with Crippen molar-refractivity contribution in [3.05, 3.63) is 0 Å². The Morgan fingerprint density at radius 2 is 1.80 bits per heavy atom. The summed E-state index contributed by atoms with van der Waals surface area (Å²) in [6.45, 7) is 0. The highest BCUT2D eigenvalue weighted by Crippen LogP contribution is 2.36. The van der Waals surface area contributed by atoms with E-state index in [0.717, 1.165) is 25.7 Å². The van der Waals surface area contributed by atoms with Crippen LogP contribution < -0.4 is 0 Å². The molecule has 0 amide bonds. The van der Waals surface area contributed by atoms with Crippen molar-refractivity contribution >= 4 is 14.3 Å². The Hall–Kier alpha value is -0.180. The Kier molecular flexibility index (Phi) is 6.15. The third kappa shape index (κ3) is 4.45. The van der Waals surface area contributed by atoms with E-state index in [1.165, 1.54) is 6.42 Å². The van der Waals surface area contributed by atoms with Crippen molar-refractivity contribution in [2.24, 2.45) is 5.92 Å². The van der Waals surface area contributed by atoms with Crippen molar-refractivity contribution in [1.82, 2.24) is 0 Å². The molecule has 0 N–H and O–H groups in total. The van der Waals surface area contributed by atoms with Crippen LogP contribution in [0.15, 0.2) is 0 Å². The van der Waals surface area contributed by atoms with E-state index in [2.05, 4.69) is 0 Å². The van der Waals surface area contributed by atoms with Crippen molar-refractivity contribution in [1.29, 1.82) is 0 Å². The molecule has 0 spiro atoms. The van der Waals surface area contributed by atoms with Gasteiger partial charge in [0.2, 0.25) is 8.38 Å². The molecule has 0 aromatic carbocycles. The first-order valence-corrected chi connectivity index (χ1v) is 6.66. The van der Waals surface area contributed by atoms with Crippen molar-refractivity contribution in [3.63, 3.8) is 0 Å². The molecule has 0 aromatic rings. The van der Waals surface area contributed by atoms with Gasteiger partial charge in [0, 0.05) is 14.2 Å². The van der Waals surface area contributed by atoms with Gasteiger partial charge in [-0.25, -0.2) is 0 Å². The summed E-state index contributed by atoms with van der Waals surface area (Å²) < 4.78 is 15.2. The van der Waals surface area contributed by atoms with E-state index in [1.807, 2.05) is 0 Å². The number of carbonyl (C=O) groups excluding carboxylic acids is 1. The molecule has 0 atom stereocenters. The summed E-state index contributed by atoms with van der Waals surface area (Å²) in [6.07, 6.45) is 5.71. The normalized spacial score (nSPS) is 18.1. The number of rotatable bonds is 5. The number of esters is 1. The zero-order chi connectivity index (χ0) is 11.1. The van der Waals surface area contributed by atoms with Crippen LogP contribution in [0.4, 0.5) is 0 Å². The van der Waals surface area contributed by atoms with Crippen LogP contribution in [0.1, 0.15) is 32.1 Å². The first-order valence-electron chi connectivity index (χ1n) is 5.30. The fourth-order valence-corrected chi connectivity index (χ4v) is 2.34. The Morgan fingerprint density at radius 3 is 2.33 bits per heavy atom. The molecule has 0 bridgehead atoms. The minimum absolute atomic E-state index is 0.0868. The number of ether oxygens (including phenoxy) is 1. The Labute approximate surface area is 92.2 Å². The molecule has 4 nitrogen and oxygen atoms in total. The molecule has 1 fully saturated rings. The fourth-order valence-electron chi connectivity index (χ4n) is 1.75. The Morgan fingerprint density at radius 1 is 1.20 bits per heavy atom.